The molecule has 0 fully saturated rings. The molecule has 0 spiro atoms. The van der Waals surface area contributed by atoms with Gasteiger partial charge in [0.1, 0.15) is 0 Å². The first kappa shape index (κ1) is 20.9. The number of anilines is 1. The van der Waals surface area contributed by atoms with Crippen molar-refractivity contribution in [2.75, 3.05) is 11.1 Å². The van der Waals surface area contributed by atoms with Gasteiger partial charge in [0.25, 0.3) is 0 Å². The van der Waals surface area contributed by atoms with E-state index in [1.54, 1.807) is 24.3 Å². The van der Waals surface area contributed by atoms with Gasteiger partial charge in [-0.15, -0.1) is 11.8 Å². The Balaban J connectivity index is 2.14. The van der Waals surface area contributed by atoms with Crippen LogP contribution in [0.4, 0.5) is 18.9 Å². The minimum atomic E-state index is -4.51. The van der Waals surface area contributed by atoms with Gasteiger partial charge < -0.3 is 11.1 Å². The molecule has 0 saturated heterocycles. The van der Waals surface area contributed by atoms with Crippen molar-refractivity contribution in [2.24, 2.45) is 5.73 Å². The summed E-state index contributed by atoms with van der Waals surface area (Å²) in [5.41, 5.74) is 4.77. The predicted octanol–water partition coefficient (Wildman–Crippen LogP) is 4.59. The summed E-state index contributed by atoms with van der Waals surface area (Å²) >= 11 is 7.05. The smallest absolute Gasteiger partial charge is 0.369 e. The van der Waals surface area contributed by atoms with E-state index < -0.39 is 23.6 Å². The van der Waals surface area contributed by atoms with Crippen molar-refractivity contribution in [3.63, 3.8) is 0 Å². The van der Waals surface area contributed by atoms with Crippen LogP contribution in [-0.4, -0.2) is 17.6 Å². The van der Waals surface area contributed by atoms with Gasteiger partial charge in [0, 0.05) is 16.0 Å². The van der Waals surface area contributed by atoms with Crippen LogP contribution in [0, 0.1) is 0 Å². The van der Waals surface area contributed by atoms with Crippen LogP contribution in [0.15, 0.2) is 53.4 Å². The molecule has 0 radical (unpaired) electrons. The molecule has 0 aliphatic rings. The summed E-state index contributed by atoms with van der Waals surface area (Å²) in [7, 11) is 0. The lowest BCUT2D eigenvalue weighted by Gasteiger charge is -2.09. The van der Waals surface area contributed by atoms with E-state index in [0.717, 1.165) is 36.0 Å². The summed E-state index contributed by atoms with van der Waals surface area (Å²) in [4.78, 5) is 23.6. The topological polar surface area (TPSA) is 72.2 Å². The zero-order valence-corrected chi connectivity index (χ0v) is 15.3. The van der Waals surface area contributed by atoms with E-state index in [4.69, 9.17) is 17.3 Å². The number of halogens is 4. The Kier molecular flexibility index (Phi) is 6.92. The van der Waals surface area contributed by atoms with Crippen molar-refractivity contribution in [3.05, 3.63) is 64.7 Å². The number of thioether (sulfide) groups is 1. The van der Waals surface area contributed by atoms with Gasteiger partial charge in [0.15, 0.2) is 0 Å². The highest BCUT2D eigenvalue weighted by Gasteiger charge is 2.30. The van der Waals surface area contributed by atoms with Gasteiger partial charge >= 0.3 is 6.18 Å². The second kappa shape index (κ2) is 8.96. The number of alkyl halides is 3. The van der Waals surface area contributed by atoms with E-state index in [1.807, 2.05) is 0 Å². The fourth-order valence-corrected chi connectivity index (χ4v) is 2.96. The summed E-state index contributed by atoms with van der Waals surface area (Å²) in [6.45, 7) is 0. The van der Waals surface area contributed by atoms with E-state index >= 15 is 0 Å². The average molecular weight is 415 g/mol. The zero-order valence-electron chi connectivity index (χ0n) is 13.7. The van der Waals surface area contributed by atoms with Crippen molar-refractivity contribution < 1.29 is 22.8 Å². The number of nitrogens with one attached hydrogen (secondary N) is 1. The highest BCUT2D eigenvalue weighted by molar-refractivity contribution is 8.00. The first-order valence-electron chi connectivity index (χ1n) is 7.53. The maximum atomic E-state index is 12.8. The van der Waals surface area contributed by atoms with Crippen LogP contribution in [0.3, 0.4) is 0 Å². The molecule has 4 nitrogen and oxygen atoms in total. The van der Waals surface area contributed by atoms with Crippen molar-refractivity contribution in [3.8, 4) is 0 Å². The van der Waals surface area contributed by atoms with Crippen LogP contribution < -0.4 is 11.1 Å². The quantitative estimate of drug-likeness (QED) is 0.536. The van der Waals surface area contributed by atoms with Crippen molar-refractivity contribution >= 4 is 46.9 Å². The molecule has 0 unspecified atom stereocenters. The van der Waals surface area contributed by atoms with E-state index in [1.165, 1.54) is 6.08 Å². The standard InChI is InChI=1S/C18H14ClF3N2O2S/c19-13-7-6-12(18(20,21)22)9-11(13)5-8-17(26)24-14-3-1-2-4-15(14)27-10-16(23)25/h1-9H,10H2,(H2,23,25)(H,24,26)/b8-5+. The number of para-hydroxylation sites is 1. The maximum Gasteiger partial charge on any atom is 0.416 e. The summed E-state index contributed by atoms with van der Waals surface area (Å²) < 4.78 is 38.3. The van der Waals surface area contributed by atoms with Crippen LogP contribution in [0.25, 0.3) is 6.08 Å². The highest BCUT2D eigenvalue weighted by Crippen LogP contribution is 2.32. The first-order valence-corrected chi connectivity index (χ1v) is 8.89. The summed E-state index contributed by atoms with van der Waals surface area (Å²) in [5, 5.41) is 2.69. The Morgan fingerprint density at radius 3 is 2.56 bits per heavy atom. The maximum absolute atomic E-state index is 12.8. The number of hydrogen-bond donors (Lipinski definition) is 2. The molecule has 2 amide bonds. The lowest BCUT2D eigenvalue weighted by Crippen LogP contribution is -2.13. The number of benzene rings is 2. The summed E-state index contributed by atoms with van der Waals surface area (Å²) in [6.07, 6.45) is -2.23. The van der Waals surface area contributed by atoms with Gasteiger partial charge in [-0.1, -0.05) is 23.7 Å². The number of rotatable bonds is 6. The molecular weight excluding hydrogens is 401 g/mol. The molecule has 142 valence electrons. The van der Waals surface area contributed by atoms with Gasteiger partial charge in [-0.2, -0.15) is 13.2 Å². The van der Waals surface area contributed by atoms with Crippen LogP contribution in [0.2, 0.25) is 5.02 Å². The number of nitrogens with two attached hydrogens (primary N) is 1. The third kappa shape index (κ3) is 6.33. The Labute approximate surface area is 162 Å². The minimum Gasteiger partial charge on any atom is -0.369 e. The van der Waals surface area contributed by atoms with Gasteiger partial charge in [-0.25, -0.2) is 0 Å². The number of carbonyl (C=O) groups is 2. The molecular formula is C18H14ClF3N2O2S. The molecule has 0 atom stereocenters. The Morgan fingerprint density at radius 2 is 1.89 bits per heavy atom. The lowest BCUT2D eigenvalue weighted by atomic mass is 10.1. The number of amides is 2. The molecule has 0 aliphatic carbocycles. The second-order valence-corrected chi connectivity index (χ2v) is 6.73. The summed E-state index contributed by atoms with van der Waals surface area (Å²) in [5.74, 6) is -1.02. The molecule has 0 aliphatic heterocycles. The molecule has 2 aromatic rings. The van der Waals surface area contributed by atoms with Gasteiger partial charge in [-0.05, 0) is 42.0 Å². The fraction of sp³-hybridized carbons (Fsp3) is 0.111. The largest absolute Gasteiger partial charge is 0.416 e. The molecule has 0 aromatic heterocycles. The fourth-order valence-electron chi connectivity index (χ4n) is 2.03. The number of primary amides is 1. The normalized spacial score (nSPS) is 11.6. The van der Waals surface area contributed by atoms with Gasteiger partial charge in [-0.3, -0.25) is 9.59 Å². The van der Waals surface area contributed by atoms with Crippen LogP contribution in [-0.2, 0) is 15.8 Å². The Morgan fingerprint density at radius 1 is 1.19 bits per heavy atom. The minimum absolute atomic E-state index is 0.0442. The number of carbonyl (C=O) groups excluding carboxylic acids is 2. The SMILES string of the molecule is NC(=O)CSc1ccccc1NC(=O)/C=C/c1cc(C(F)(F)F)ccc1Cl. The highest BCUT2D eigenvalue weighted by atomic mass is 35.5. The van der Waals surface area contributed by atoms with Crippen LogP contribution in [0.1, 0.15) is 11.1 Å². The van der Waals surface area contributed by atoms with Crippen molar-refractivity contribution in [1.29, 1.82) is 0 Å². The monoisotopic (exact) mass is 414 g/mol. The molecule has 27 heavy (non-hydrogen) atoms. The van der Waals surface area contributed by atoms with E-state index in [9.17, 15) is 22.8 Å². The zero-order chi connectivity index (χ0) is 20.0. The molecule has 0 bridgehead atoms. The van der Waals surface area contributed by atoms with E-state index in [2.05, 4.69) is 5.32 Å². The lowest BCUT2D eigenvalue weighted by molar-refractivity contribution is -0.137. The van der Waals surface area contributed by atoms with E-state index in [-0.39, 0.29) is 16.3 Å². The molecule has 9 heteroatoms. The van der Waals surface area contributed by atoms with Crippen LogP contribution >= 0.6 is 23.4 Å². The molecule has 2 aromatic carbocycles. The van der Waals surface area contributed by atoms with Crippen molar-refractivity contribution in [1.82, 2.24) is 0 Å². The Bertz CT molecular complexity index is 885. The Hall–Kier alpha value is -2.45. The molecule has 0 saturated carbocycles. The second-order valence-electron chi connectivity index (χ2n) is 5.31. The summed E-state index contributed by atoms with van der Waals surface area (Å²) in [6, 6.07) is 9.62. The average Bonchev–Trinajstić information content (AvgIpc) is 2.59. The molecule has 2 rings (SSSR count). The first-order chi connectivity index (χ1) is 12.7. The van der Waals surface area contributed by atoms with Gasteiger partial charge in [0.05, 0.1) is 17.0 Å². The van der Waals surface area contributed by atoms with Crippen molar-refractivity contribution in [2.45, 2.75) is 11.1 Å². The molecule has 3 N–H and O–H groups in total. The van der Waals surface area contributed by atoms with E-state index in [0.29, 0.717) is 10.6 Å². The molecule has 0 heterocycles. The number of hydrogen-bond acceptors (Lipinski definition) is 3. The van der Waals surface area contributed by atoms with Crippen LogP contribution in [0.5, 0.6) is 0 Å². The third-order valence-electron chi connectivity index (χ3n) is 3.25. The predicted molar refractivity (Wildman–Crippen MR) is 100 cm³/mol. The van der Waals surface area contributed by atoms with Gasteiger partial charge in [0.2, 0.25) is 11.8 Å². The third-order valence-corrected chi connectivity index (χ3v) is 4.69.